The lowest BCUT2D eigenvalue weighted by Crippen LogP contribution is -2.34. The van der Waals surface area contributed by atoms with Crippen LogP contribution >= 0.6 is 0 Å². The maximum Gasteiger partial charge on any atom is 0.255 e. The Morgan fingerprint density at radius 2 is 2.15 bits per heavy atom. The SMILES string of the molecule is CCCN(CC1CC1)C(=O)c1ccccc1C#CCN. The van der Waals surface area contributed by atoms with Crippen molar-refractivity contribution in [1.82, 2.24) is 4.90 Å². The van der Waals surface area contributed by atoms with Crippen molar-refractivity contribution in [1.29, 1.82) is 0 Å². The first-order valence-corrected chi connectivity index (χ1v) is 7.33. The predicted octanol–water partition coefficient (Wildman–Crippen LogP) is 2.26. The zero-order valence-corrected chi connectivity index (χ0v) is 12.1. The molecule has 3 heteroatoms. The van der Waals surface area contributed by atoms with Crippen LogP contribution < -0.4 is 5.73 Å². The molecule has 0 saturated heterocycles. The molecule has 0 radical (unpaired) electrons. The topological polar surface area (TPSA) is 46.3 Å². The smallest absolute Gasteiger partial charge is 0.255 e. The van der Waals surface area contributed by atoms with Gasteiger partial charge < -0.3 is 10.6 Å². The van der Waals surface area contributed by atoms with Gasteiger partial charge in [0.25, 0.3) is 5.91 Å². The third kappa shape index (κ3) is 3.85. The molecular formula is C17H22N2O. The molecule has 0 bridgehead atoms. The number of carbonyl (C=O) groups excluding carboxylic acids is 1. The first-order valence-electron chi connectivity index (χ1n) is 7.33. The molecule has 3 nitrogen and oxygen atoms in total. The molecule has 0 unspecified atom stereocenters. The van der Waals surface area contributed by atoms with Crippen molar-refractivity contribution in [2.24, 2.45) is 11.7 Å². The van der Waals surface area contributed by atoms with E-state index < -0.39 is 0 Å². The van der Waals surface area contributed by atoms with Crippen molar-refractivity contribution in [3.63, 3.8) is 0 Å². The summed E-state index contributed by atoms with van der Waals surface area (Å²) in [5, 5.41) is 0. The summed E-state index contributed by atoms with van der Waals surface area (Å²) in [7, 11) is 0. The van der Waals surface area contributed by atoms with Crippen molar-refractivity contribution in [2.75, 3.05) is 19.6 Å². The Kier molecular flexibility index (Phi) is 5.20. The molecule has 106 valence electrons. The lowest BCUT2D eigenvalue weighted by atomic mass is 10.1. The number of nitrogens with two attached hydrogens (primary N) is 1. The Bertz CT molecular complexity index is 523. The number of rotatable bonds is 5. The lowest BCUT2D eigenvalue weighted by Gasteiger charge is -2.22. The third-order valence-corrected chi connectivity index (χ3v) is 3.44. The fourth-order valence-electron chi connectivity index (χ4n) is 2.25. The van der Waals surface area contributed by atoms with Crippen LogP contribution in [0.5, 0.6) is 0 Å². The van der Waals surface area contributed by atoms with Crippen LogP contribution in [0.1, 0.15) is 42.1 Å². The van der Waals surface area contributed by atoms with Gasteiger partial charge in [-0.25, -0.2) is 0 Å². The zero-order valence-electron chi connectivity index (χ0n) is 12.1. The van der Waals surface area contributed by atoms with Crippen LogP contribution in [0.2, 0.25) is 0 Å². The Morgan fingerprint density at radius 1 is 1.40 bits per heavy atom. The average molecular weight is 270 g/mol. The number of amides is 1. The van der Waals surface area contributed by atoms with Crippen molar-refractivity contribution in [3.05, 3.63) is 35.4 Å². The molecule has 0 aromatic heterocycles. The van der Waals surface area contributed by atoms with Crippen molar-refractivity contribution < 1.29 is 4.79 Å². The highest BCUT2D eigenvalue weighted by Gasteiger charge is 2.27. The molecule has 1 aromatic rings. The molecule has 2 rings (SSSR count). The molecule has 1 amide bonds. The second-order valence-electron chi connectivity index (χ2n) is 5.25. The molecule has 1 saturated carbocycles. The standard InChI is InChI=1S/C17H22N2O/c1-2-12-19(13-14-9-10-14)17(20)16-8-4-3-6-15(16)7-5-11-18/h3-4,6,8,14H,2,9-13,18H2,1H3. The van der Waals surface area contributed by atoms with Gasteiger partial charge >= 0.3 is 0 Å². The summed E-state index contributed by atoms with van der Waals surface area (Å²) in [6.45, 7) is 4.11. The molecular weight excluding hydrogens is 248 g/mol. The van der Waals surface area contributed by atoms with E-state index in [1.807, 2.05) is 29.2 Å². The van der Waals surface area contributed by atoms with Crippen LogP contribution in [0.3, 0.4) is 0 Å². The van der Waals surface area contributed by atoms with E-state index in [9.17, 15) is 4.79 Å². The van der Waals surface area contributed by atoms with Gasteiger partial charge in [-0.1, -0.05) is 30.9 Å². The van der Waals surface area contributed by atoms with E-state index in [0.717, 1.165) is 25.1 Å². The van der Waals surface area contributed by atoms with E-state index in [1.54, 1.807) is 0 Å². The van der Waals surface area contributed by atoms with Crippen LogP contribution in [-0.4, -0.2) is 30.4 Å². The normalized spacial score (nSPS) is 13.5. The van der Waals surface area contributed by atoms with Gasteiger partial charge in [0.1, 0.15) is 0 Å². The molecule has 1 aliphatic carbocycles. The van der Waals surface area contributed by atoms with Gasteiger partial charge in [-0.2, -0.15) is 0 Å². The van der Waals surface area contributed by atoms with Crippen LogP contribution in [0.4, 0.5) is 0 Å². The molecule has 20 heavy (non-hydrogen) atoms. The average Bonchev–Trinajstić information content (AvgIpc) is 3.28. The Hall–Kier alpha value is -1.79. The molecule has 0 heterocycles. The fourth-order valence-corrected chi connectivity index (χ4v) is 2.25. The summed E-state index contributed by atoms with van der Waals surface area (Å²) < 4.78 is 0. The highest BCUT2D eigenvalue weighted by Crippen LogP contribution is 2.30. The fraction of sp³-hybridized carbons (Fsp3) is 0.471. The van der Waals surface area contributed by atoms with Crippen LogP contribution in [0, 0.1) is 17.8 Å². The summed E-state index contributed by atoms with van der Waals surface area (Å²) in [5.41, 5.74) is 6.89. The molecule has 0 atom stereocenters. The maximum absolute atomic E-state index is 12.7. The molecule has 0 spiro atoms. The number of carbonyl (C=O) groups is 1. The van der Waals surface area contributed by atoms with E-state index >= 15 is 0 Å². The summed E-state index contributed by atoms with van der Waals surface area (Å²) in [6.07, 6.45) is 3.49. The summed E-state index contributed by atoms with van der Waals surface area (Å²) in [6, 6.07) is 7.54. The van der Waals surface area contributed by atoms with Gasteiger partial charge in [-0.15, -0.1) is 0 Å². The highest BCUT2D eigenvalue weighted by atomic mass is 16.2. The van der Waals surface area contributed by atoms with Gasteiger partial charge in [0.2, 0.25) is 0 Å². The molecule has 1 aliphatic rings. The molecule has 2 N–H and O–H groups in total. The molecule has 1 fully saturated rings. The number of hydrogen-bond donors (Lipinski definition) is 1. The van der Waals surface area contributed by atoms with Crippen molar-refractivity contribution in [2.45, 2.75) is 26.2 Å². The van der Waals surface area contributed by atoms with Crippen LogP contribution in [0.15, 0.2) is 24.3 Å². The third-order valence-electron chi connectivity index (χ3n) is 3.44. The Balaban J connectivity index is 2.20. The van der Waals surface area contributed by atoms with Gasteiger partial charge in [0.05, 0.1) is 12.1 Å². The maximum atomic E-state index is 12.7. The van der Waals surface area contributed by atoms with Gasteiger partial charge in [-0.3, -0.25) is 4.79 Å². The summed E-state index contributed by atoms with van der Waals surface area (Å²) >= 11 is 0. The Labute approximate surface area is 121 Å². The number of hydrogen-bond acceptors (Lipinski definition) is 2. The Morgan fingerprint density at radius 3 is 2.80 bits per heavy atom. The van der Waals surface area contributed by atoms with Gasteiger partial charge in [0, 0.05) is 18.7 Å². The van der Waals surface area contributed by atoms with Crippen molar-refractivity contribution in [3.8, 4) is 11.8 Å². The monoisotopic (exact) mass is 270 g/mol. The largest absolute Gasteiger partial charge is 0.338 e. The lowest BCUT2D eigenvalue weighted by molar-refractivity contribution is 0.0747. The first kappa shape index (κ1) is 14.6. The van der Waals surface area contributed by atoms with Crippen LogP contribution in [0.25, 0.3) is 0 Å². The minimum atomic E-state index is 0.0978. The highest BCUT2D eigenvalue weighted by molar-refractivity contribution is 5.96. The van der Waals surface area contributed by atoms with E-state index in [1.165, 1.54) is 12.8 Å². The van der Waals surface area contributed by atoms with Crippen LogP contribution in [-0.2, 0) is 0 Å². The van der Waals surface area contributed by atoms with E-state index in [-0.39, 0.29) is 5.91 Å². The number of benzene rings is 1. The van der Waals surface area contributed by atoms with Gasteiger partial charge in [-0.05, 0) is 37.3 Å². The summed E-state index contributed by atoms with van der Waals surface area (Å²) in [4.78, 5) is 14.7. The second-order valence-corrected chi connectivity index (χ2v) is 5.25. The zero-order chi connectivity index (χ0) is 14.4. The van der Waals surface area contributed by atoms with E-state index in [4.69, 9.17) is 5.73 Å². The minimum absolute atomic E-state index is 0.0978. The number of nitrogens with zero attached hydrogens (tertiary/aromatic N) is 1. The van der Waals surface area contributed by atoms with Crippen molar-refractivity contribution >= 4 is 5.91 Å². The summed E-state index contributed by atoms with van der Waals surface area (Å²) in [5.74, 6) is 6.63. The molecule has 1 aromatic carbocycles. The molecule has 0 aliphatic heterocycles. The quantitative estimate of drug-likeness (QED) is 0.834. The second kappa shape index (κ2) is 7.12. The van der Waals surface area contributed by atoms with Gasteiger partial charge in [0.15, 0.2) is 0 Å². The van der Waals surface area contributed by atoms with E-state index in [0.29, 0.717) is 18.0 Å². The van der Waals surface area contributed by atoms with E-state index in [2.05, 4.69) is 18.8 Å². The first-order chi connectivity index (χ1) is 9.76. The minimum Gasteiger partial charge on any atom is -0.338 e. The predicted molar refractivity (Wildman–Crippen MR) is 81.3 cm³/mol.